The van der Waals surface area contributed by atoms with E-state index in [1.807, 2.05) is 46.2 Å². The van der Waals surface area contributed by atoms with Crippen LogP contribution in [0.1, 0.15) is 18.1 Å². The van der Waals surface area contributed by atoms with Crippen LogP contribution in [0.15, 0.2) is 17.0 Å². The molecule has 0 aliphatic carbocycles. The van der Waals surface area contributed by atoms with E-state index in [0.717, 1.165) is 22.6 Å². The summed E-state index contributed by atoms with van der Waals surface area (Å²) in [5.41, 5.74) is 2.45. The van der Waals surface area contributed by atoms with Gasteiger partial charge in [-0.2, -0.15) is 11.8 Å². The van der Waals surface area contributed by atoms with Crippen molar-refractivity contribution >= 4 is 27.5 Å². The van der Waals surface area contributed by atoms with Gasteiger partial charge in [0.05, 0.1) is 4.90 Å². The number of nitrogens with one attached hydrogen (secondary N) is 2. The molecule has 0 heterocycles. The minimum atomic E-state index is -3.45. The zero-order valence-corrected chi connectivity index (χ0v) is 14.4. The summed E-state index contributed by atoms with van der Waals surface area (Å²) < 4.78 is 27.6. The first-order chi connectivity index (χ1) is 9.31. The molecule has 1 rings (SSSR count). The van der Waals surface area contributed by atoms with Gasteiger partial charge in [0.2, 0.25) is 10.0 Å². The molecule has 0 radical (unpaired) electrons. The Bertz CT molecular complexity index is 533. The van der Waals surface area contributed by atoms with Gasteiger partial charge in [-0.15, -0.1) is 0 Å². The average Bonchev–Trinajstić information content (AvgIpc) is 2.35. The van der Waals surface area contributed by atoms with E-state index in [2.05, 4.69) is 10.0 Å². The Kier molecular flexibility index (Phi) is 6.36. The lowest BCUT2D eigenvalue weighted by Crippen LogP contribution is -2.30. The predicted molar refractivity (Wildman–Crippen MR) is 88.2 cm³/mol. The Morgan fingerprint density at radius 2 is 1.80 bits per heavy atom. The summed E-state index contributed by atoms with van der Waals surface area (Å²) in [6.07, 6.45) is 2.02. The van der Waals surface area contributed by atoms with E-state index in [1.165, 1.54) is 0 Å². The van der Waals surface area contributed by atoms with Gasteiger partial charge in [0, 0.05) is 19.3 Å². The Hall–Kier alpha value is -0.720. The maximum Gasteiger partial charge on any atom is 0.241 e. The van der Waals surface area contributed by atoms with Crippen LogP contribution in [0.3, 0.4) is 0 Å². The van der Waals surface area contributed by atoms with Crippen LogP contribution in [0.4, 0.5) is 5.69 Å². The van der Waals surface area contributed by atoms with Gasteiger partial charge in [0.25, 0.3) is 0 Å². The summed E-state index contributed by atoms with van der Waals surface area (Å²) >= 11 is 1.72. The Morgan fingerprint density at radius 3 is 2.25 bits per heavy atom. The van der Waals surface area contributed by atoms with E-state index in [-0.39, 0.29) is 0 Å². The van der Waals surface area contributed by atoms with Crippen molar-refractivity contribution in [1.82, 2.24) is 4.72 Å². The van der Waals surface area contributed by atoms with Crippen LogP contribution < -0.4 is 10.0 Å². The van der Waals surface area contributed by atoms with E-state index in [0.29, 0.717) is 17.4 Å². The second-order valence-electron chi connectivity index (χ2n) is 5.10. The topological polar surface area (TPSA) is 58.2 Å². The molecule has 0 aliphatic rings. The Balaban J connectivity index is 2.98. The predicted octanol–water partition coefficient (Wildman–Crippen LogP) is 2.62. The highest BCUT2D eigenvalue weighted by molar-refractivity contribution is 7.98. The summed E-state index contributed by atoms with van der Waals surface area (Å²) in [4.78, 5) is 0.396. The van der Waals surface area contributed by atoms with Gasteiger partial charge in [-0.05, 0) is 55.0 Å². The quantitative estimate of drug-likeness (QED) is 0.812. The first-order valence-corrected chi connectivity index (χ1v) is 9.47. The first kappa shape index (κ1) is 17.3. The molecule has 2 N–H and O–H groups in total. The van der Waals surface area contributed by atoms with Gasteiger partial charge >= 0.3 is 0 Å². The zero-order valence-electron chi connectivity index (χ0n) is 12.8. The molecular weight excluding hydrogens is 292 g/mol. The van der Waals surface area contributed by atoms with Crippen molar-refractivity contribution in [2.24, 2.45) is 5.92 Å². The van der Waals surface area contributed by atoms with Crippen molar-refractivity contribution in [2.45, 2.75) is 25.7 Å². The normalized spacial score (nSPS) is 13.2. The smallest absolute Gasteiger partial charge is 0.241 e. The minimum Gasteiger partial charge on any atom is -0.388 e. The third kappa shape index (κ3) is 4.40. The number of anilines is 1. The number of aryl methyl sites for hydroxylation is 2. The van der Waals surface area contributed by atoms with Crippen molar-refractivity contribution in [2.75, 3.05) is 30.9 Å². The highest BCUT2D eigenvalue weighted by atomic mass is 32.2. The van der Waals surface area contributed by atoms with Crippen LogP contribution >= 0.6 is 11.8 Å². The second kappa shape index (κ2) is 7.33. The molecule has 0 amide bonds. The van der Waals surface area contributed by atoms with E-state index >= 15 is 0 Å². The first-order valence-electron chi connectivity index (χ1n) is 6.59. The Morgan fingerprint density at radius 1 is 1.25 bits per heavy atom. The molecular formula is C14H24N2O2S2. The molecule has 0 fully saturated rings. The number of benzene rings is 1. The lowest BCUT2D eigenvalue weighted by molar-refractivity contribution is 0.561. The largest absolute Gasteiger partial charge is 0.388 e. The third-order valence-electron chi connectivity index (χ3n) is 3.09. The van der Waals surface area contributed by atoms with E-state index in [9.17, 15) is 8.42 Å². The molecule has 1 aromatic rings. The van der Waals surface area contributed by atoms with Crippen molar-refractivity contribution in [3.8, 4) is 0 Å². The minimum absolute atomic E-state index is 0.317. The maximum atomic E-state index is 12.4. The van der Waals surface area contributed by atoms with Crippen molar-refractivity contribution in [3.63, 3.8) is 0 Å². The molecule has 1 aromatic carbocycles. The summed E-state index contributed by atoms with van der Waals surface area (Å²) in [5, 5.41) is 3.04. The van der Waals surface area contributed by atoms with Crippen LogP contribution in [-0.4, -0.2) is 34.0 Å². The number of hydrogen-bond acceptors (Lipinski definition) is 4. The fraction of sp³-hybridized carbons (Fsp3) is 0.571. The molecule has 20 heavy (non-hydrogen) atoms. The second-order valence-corrected chi connectivity index (χ2v) is 7.72. The molecule has 0 aromatic heterocycles. The molecule has 6 heteroatoms. The molecule has 0 saturated carbocycles. The molecule has 1 unspecified atom stereocenters. The van der Waals surface area contributed by atoms with Crippen molar-refractivity contribution in [3.05, 3.63) is 23.3 Å². The van der Waals surface area contributed by atoms with Gasteiger partial charge in [0.1, 0.15) is 0 Å². The number of thioether (sulfide) groups is 1. The summed E-state index contributed by atoms with van der Waals surface area (Å²) in [6, 6.07) is 3.71. The summed E-state index contributed by atoms with van der Waals surface area (Å²) in [6.45, 7) is 6.17. The van der Waals surface area contributed by atoms with Crippen molar-refractivity contribution in [1.29, 1.82) is 0 Å². The van der Waals surface area contributed by atoms with Gasteiger partial charge in [-0.1, -0.05) is 6.92 Å². The van der Waals surface area contributed by atoms with Gasteiger partial charge in [0.15, 0.2) is 0 Å². The lowest BCUT2D eigenvalue weighted by atomic mass is 10.1. The molecule has 114 valence electrons. The van der Waals surface area contributed by atoms with Gasteiger partial charge in [-0.3, -0.25) is 0 Å². The van der Waals surface area contributed by atoms with E-state index in [1.54, 1.807) is 11.8 Å². The van der Waals surface area contributed by atoms with E-state index < -0.39 is 10.0 Å². The standard InChI is InChI=1S/C14H24N2O2S2/c1-10(9-19-5)8-16-20(17,18)14-11(2)6-13(15-4)7-12(14)3/h6-7,10,15-16H,8-9H2,1-5H3. The van der Waals surface area contributed by atoms with Crippen molar-refractivity contribution < 1.29 is 8.42 Å². The van der Waals surface area contributed by atoms with Gasteiger partial charge < -0.3 is 5.32 Å². The fourth-order valence-electron chi connectivity index (χ4n) is 2.19. The number of hydrogen-bond donors (Lipinski definition) is 2. The fourth-order valence-corrected chi connectivity index (χ4v) is 4.49. The number of rotatable bonds is 7. The molecule has 1 atom stereocenters. The molecule has 0 bridgehead atoms. The Labute approximate surface area is 126 Å². The van der Waals surface area contributed by atoms with Crippen LogP contribution in [0, 0.1) is 19.8 Å². The SMILES string of the molecule is CNc1cc(C)c(S(=O)(=O)NCC(C)CSC)c(C)c1. The number of sulfonamides is 1. The average molecular weight is 316 g/mol. The van der Waals surface area contributed by atoms with Gasteiger partial charge in [-0.25, -0.2) is 13.1 Å². The molecule has 0 saturated heterocycles. The molecule has 0 spiro atoms. The lowest BCUT2D eigenvalue weighted by Gasteiger charge is -2.16. The van der Waals surface area contributed by atoms with Crippen LogP contribution in [0.2, 0.25) is 0 Å². The highest BCUT2D eigenvalue weighted by Crippen LogP contribution is 2.24. The summed E-state index contributed by atoms with van der Waals surface area (Å²) in [7, 11) is -1.62. The summed E-state index contributed by atoms with van der Waals surface area (Å²) in [5.74, 6) is 1.26. The monoisotopic (exact) mass is 316 g/mol. The highest BCUT2D eigenvalue weighted by Gasteiger charge is 2.20. The van der Waals surface area contributed by atoms with Crippen LogP contribution in [0.5, 0.6) is 0 Å². The third-order valence-corrected chi connectivity index (χ3v) is 5.72. The van der Waals surface area contributed by atoms with E-state index in [4.69, 9.17) is 0 Å². The maximum absolute atomic E-state index is 12.4. The molecule has 4 nitrogen and oxygen atoms in total. The molecule has 0 aliphatic heterocycles. The van der Waals surface area contributed by atoms with Crippen LogP contribution in [-0.2, 0) is 10.0 Å². The zero-order chi connectivity index (χ0) is 15.3. The van der Waals surface area contributed by atoms with Crippen LogP contribution in [0.25, 0.3) is 0 Å².